The minimum absolute atomic E-state index is 0. The Labute approximate surface area is 175 Å². The van der Waals surface area contributed by atoms with Gasteiger partial charge in [-0.25, -0.2) is 18.1 Å². The number of hydrogen-bond donors (Lipinski definition) is 3. The van der Waals surface area contributed by atoms with E-state index in [1.807, 2.05) is 33.8 Å². The molecule has 0 spiro atoms. The number of hydrogen-bond acceptors (Lipinski definition) is 3. The number of guanidine groups is 1. The van der Waals surface area contributed by atoms with E-state index in [0.29, 0.717) is 17.4 Å². The largest absolute Gasteiger partial charge is 0.357 e. The van der Waals surface area contributed by atoms with Crippen molar-refractivity contribution in [3.63, 3.8) is 0 Å². The van der Waals surface area contributed by atoms with Crippen molar-refractivity contribution >= 4 is 40.0 Å². The van der Waals surface area contributed by atoms with Crippen LogP contribution in [-0.4, -0.2) is 33.0 Å². The van der Waals surface area contributed by atoms with Gasteiger partial charge in [-0.2, -0.15) is 0 Å². The van der Waals surface area contributed by atoms with E-state index in [4.69, 9.17) is 0 Å². The lowest BCUT2D eigenvalue weighted by Crippen LogP contribution is -2.41. The molecule has 0 aliphatic carbocycles. The average molecular weight is 496 g/mol. The van der Waals surface area contributed by atoms with Gasteiger partial charge in [0.25, 0.3) is 0 Å². The highest BCUT2D eigenvalue weighted by molar-refractivity contribution is 14.0. The van der Waals surface area contributed by atoms with E-state index >= 15 is 0 Å². The lowest BCUT2D eigenvalue weighted by atomic mass is 10.1. The van der Waals surface area contributed by atoms with Crippen molar-refractivity contribution in [2.75, 3.05) is 13.1 Å². The van der Waals surface area contributed by atoms with E-state index in [1.54, 1.807) is 18.2 Å². The van der Waals surface area contributed by atoms with Crippen molar-refractivity contribution in [2.24, 2.45) is 10.9 Å². The van der Waals surface area contributed by atoms with Crippen molar-refractivity contribution in [2.45, 2.75) is 58.5 Å². The molecule has 6 nitrogen and oxygen atoms in total. The molecule has 1 aromatic rings. The summed E-state index contributed by atoms with van der Waals surface area (Å²) in [6.07, 6.45) is 0. The first-order valence-electron chi connectivity index (χ1n) is 8.69. The summed E-state index contributed by atoms with van der Waals surface area (Å²) in [5.41, 5.74) is 0.129. The first-order chi connectivity index (χ1) is 11.5. The molecule has 0 heterocycles. The zero-order valence-corrected chi connectivity index (χ0v) is 19.7. The fraction of sp³-hybridized carbons (Fsp3) is 0.611. The van der Waals surface area contributed by atoms with Crippen LogP contribution in [0.3, 0.4) is 0 Å². The fourth-order valence-corrected chi connectivity index (χ4v) is 3.81. The van der Waals surface area contributed by atoms with Crippen molar-refractivity contribution in [1.82, 2.24) is 15.4 Å². The third-order valence-corrected chi connectivity index (χ3v) is 4.99. The lowest BCUT2D eigenvalue weighted by Gasteiger charge is -2.21. The van der Waals surface area contributed by atoms with Crippen molar-refractivity contribution in [3.05, 3.63) is 29.8 Å². The van der Waals surface area contributed by atoms with Crippen LogP contribution in [0.15, 0.2) is 34.2 Å². The van der Waals surface area contributed by atoms with Crippen LogP contribution in [-0.2, 0) is 16.6 Å². The summed E-state index contributed by atoms with van der Waals surface area (Å²) in [7, 11) is -3.59. The van der Waals surface area contributed by atoms with Crippen molar-refractivity contribution < 1.29 is 8.42 Å². The molecule has 8 heteroatoms. The number of rotatable bonds is 7. The number of halogens is 1. The third-order valence-electron chi connectivity index (χ3n) is 3.13. The number of nitrogens with zero attached hydrogens (tertiary/aromatic N) is 1. The van der Waals surface area contributed by atoms with E-state index in [0.717, 1.165) is 13.1 Å². The minimum atomic E-state index is -3.59. The SMILES string of the molecule is CCNC(=NCc1ccccc1S(=O)(=O)NC(C)(C)C)NCC(C)C.I. The number of benzene rings is 1. The van der Waals surface area contributed by atoms with Crippen molar-refractivity contribution in [1.29, 1.82) is 0 Å². The van der Waals surface area contributed by atoms with Gasteiger partial charge < -0.3 is 10.6 Å². The second-order valence-electron chi connectivity index (χ2n) is 7.43. The van der Waals surface area contributed by atoms with Gasteiger partial charge in [-0.05, 0) is 45.2 Å². The van der Waals surface area contributed by atoms with E-state index in [-0.39, 0.29) is 35.4 Å². The molecule has 150 valence electrons. The molecule has 0 saturated carbocycles. The number of aliphatic imine (C=N–C) groups is 1. The standard InChI is InChI=1S/C18H32N4O2S.HI/c1-7-19-17(20-12-14(2)3)21-13-15-10-8-9-11-16(15)25(23,24)22-18(4,5)6;/h8-11,14,22H,7,12-13H2,1-6H3,(H2,19,20,21);1H. The van der Waals surface area contributed by atoms with Gasteiger partial charge in [0, 0.05) is 18.6 Å². The molecule has 0 atom stereocenters. The molecule has 1 aromatic carbocycles. The summed E-state index contributed by atoms with van der Waals surface area (Å²) in [6.45, 7) is 13.5. The molecule has 0 bridgehead atoms. The molecule has 3 N–H and O–H groups in total. The van der Waals surface area contributed by atoms with Crippen LogP contribution in [0.1, 0.15) is 47.1 Å². The quantitative estimate of drug-likeness (QED) is 0.308. The summed E-state index contributed by atoms with van der Waals surface area (Å²) in [4.78, 5) is 4.80. The molecular weight excluding hydrogens is 463 g/mol. The van der Waals surface area contributed by atoms with Crippen molar-refractivity contribution in [3.8, 4) is 0 Å². The smallest absolute Gasteiger partial charge is 0.241 e. The number of sulfonamides is 1. The lowest BCUT2D eigenvalue weighted by molar-refractivity contribution is 0.491. The summed E-state index contributed by atoms with van der Waals surface area (Å²) < 4.78 is 28.0. The Kier molecular flexibility index (Phi) is 10.7. The normalized spacial score (nSPS) is 12.7. The second kappa shape index (κ2) is 11.1. The Hall–Kier alpha value is -0.870. The van der Waals surface area contributed by atoms with Gasteiger partial charge in [-0.3, -0.25) is 0 Å². The zero-order chi connectivity index (χ0) is 19.1. The molecule has 1 rings (SSSR count). The first-order valence-corrected chi connectivity index (χ1v) is 10.2. The van der Waals surface area contributed by atoms with Gasteiger partial charge in [-0.1, -0.05) is 32.0 Å². The molecule has 0 unspecified atom stereocenters. The topological polar surface area (TPSA) is 82.6 Å². The van der Waals surface area contributed by atoms with Gasteiger partial charge in [0.15, 0.2) is 5.96 Å². The molecule has 0 radical (unpaired) electrons. The zero-order valence-electron chi connectivity index (χ0n) is 16.6. The van der Waals surface area contributed by atoms with Crippen LogP contribution in [0, 0.1) is 5.92 Å². The molecule has 0 fully saturated rings. The molecule has 26 heavy (non-hydrogen) atoms. The van der Waals surface area contributed by atoms with E-state index in [2.05, 4.69) is 34.2 Å². The molecule has 0 aromatic heterocycles. The predicted octanol–water partition coefficient (Wildman–Crippen LogP) is 3.09. The van der Waals surface area contributed by atoms with Crippen LogP contribution in [0.5, 0.6) is 0 Å². The second-order valence-corrected chi connectivity index (χ2v) is 9.08. The van der Waals surface area contributed by atoms with E-state index < -0.39 is 15.6 Å². The fourth-order valence-electron chi connectivity index (χ4n) is 2.16. The third kappa shape index (κ3) is 9.18. The van der Waals surface area contributed by atoms with Crippen LogP contribution in [0.2, 0.25) is 0 Å². The first kappa shape index (κ1) is 25.1. The molecule has 0 saturated heterocycles. The maximum atomic E-state index is 12.7. The Morgan fingerprint density at radius 3 is 2.31 bits per heavy atom. The Morgan fingerprint density at radius 2 is 1.77 bits per heavy atom. The monoisotopic (exact) mass is 496 g/mol. The van der Waals surface area contributed by atoms with Crippen LogP contribution >= 0.6 is 24.0 Å². The van der Waals surface area contributed by atoms with Gasteiger partial charge in [-0.15, -0.1) is 24.0 Å². The number of nitrogens with one attached hydrogen (secondary N) is 3. The minimum Gasteiger partial charge on any atom is -0.357 e. The Morgan fingerprint density at radius 1 is 1.15 bits per heavy atom. The molecule has 0 amide bonds. The molecular formula is C18H33IN4O2S. The highest BCUT2D eigenvalue weighted by Crippen LogP contribution is 2.18. The summed E-state index contributed by atoms with van der Waals surface area (Å²) in [5, 5.41) is 6.44. The van der Waals surface area contributed by atoms with Gasteiger partial charge in [0.2, 0.25) is 10.0 Å². The average Bonchev–Trinajstić information content (AvgIpc) is 2.48. The molecule has 0 aliphatic heterocycles. The highest BCUT2D eigenvalue weighted by atomic mass is 127. The van der Waals surface area contributed by atoms with Crippen LogP contribution in [0.4, 0.5) is 0 Å². The van der Waals surface area contributed by atoms with Gasteiger partial charge >= 0.3 is 0 Å². The maximum Gasteiger partial charge on any atom is 0.241 e. The maximum absolute atomic E-state index is 12.7. The highest BCUT2D eigenvalue weighted by Gasteiger charge is 2.24. The van der Waals surface area contributed by atoms with E-state index in [1.165, 1.54) is 0 Å². The van der Waals surface area contributed by atoms with Gasteiger partial charge in [0.1, 0.15) is 0 Å². The summed E-state index contributed by atoms with van der Waals surface area (Å²) in [5.74, 6) is 1.18. The van der Waals surface area contributed by atoms with Crippen LogP contribution in [0.25, 0.3) is 0 Å². The Bertz CT molecular complexity index is 683. The predicted molar refractivity (Wildman–Crippen MR) is 120 cm³/mol. The molecule has 0 aliphatic rings. The van der Waals surface area contributed by atoms with Gasteiger partial charge in [0.05, 0.1) is 11.4 Å². The summed E-state index contributed by atoms with van der Waals surface area (Å²) in [6, 6.07) is 6.97. The summed E-state index contributed by atoms with van der Waals surface area (Å²) >= 11 is 0. The Balaban J connectivity index is 0.00000625. The van der Waals surface area contributed by atoms with E-state index in [9.17, 15) is 8.42 Å². The van der Waals surface area contributed by atoms with Crippen LogP contribution < -0.4 is 15.4 Å².